The van der Waals surface area contributed by atoms with Gasteiger partial charge < -0.3 is 15.2 Å². The molecule has 0 amide bonds. The zero-order valence-electron chi connectivity index (χ0n) is 15.9. The Balaban J connectivity index is 1.66. The lowest BCUT2D eigenvalue weighted by atomic mass is 9.88. The Hall–Kier alpha value is -2.57. The van der Waals surface area contributed by atoms with Crippen LogP contribution in [0.4, 0.5) is 4.39 Å². The molecule has 0 saturated carbocycles. The summed E-state index contributed by atoms with van der Waals surface area (Å²) >= 11 is 0. The Labute approximate surface area is 164 Å². The Kier molecular flexibility index (Phi) is 5.50. The minimum absolute atomic E-state index is 0.266. The lowest BCUT2D eigenvalue weighted by molar-refractivity contribution is 0.111. The lowest BCUT2D eigenvalue weighted by Gasteiger charge is -2.31. The van der Waals surface area contributed by atoms with E-state index in [1.54, 1.807) is 12.1 Å². The van der Waals surface area contributed by atoms with Crippen LogP contribution in [0, 0.1) is 5.82 Å². The number of para-hydroxylation sites is 1. The van der Waals surface area contributed by atoms with Crippen molar-refractivity contribution in [2.24, 2.45) is 5.73 Å². The highest BCUT2D eigenvalue weighted by atomic mass is 19.1. The molecule has 146 valence electrons. The SMILES string of the molecule is NCCN1CCC(c2cccc3c2nc(C=O)n3Cc2ccc(F)cc2)CC1. The maximum Gasteiger partial charge on any atom is 0.185 e. The molecule has 0 atom stereocenters. The maximum absolute atomic E-state index is 13.2. The third-order valence-electron chi connectivity index (χ3n) is 5.67. The van der Waals surface area contributed by atoms with E-state index in [9.17, 15) is 9.18 Å². The molecule has 0 bridgehead atoms. The molecule has 6 heteroatoms. The van der Waals surface area contributed by atoms with Crippen molar-refractivity contribution >= 4 is 17.3 Å². The van der Waals surface area contributed by atoms with E-state index in [0.717, 1.165) is 55.4 Å². The molecule has 1 aliphatic rings. The van der Waals surface area contributed by atoms with Crippen LogP contribution in [0.2, 0.25) is 0 Å². The summed E-state index contributed by atoms with van der Waals surface area (Å²) in [4.78, 5) is 18.7. The van der Waals surface area contributed by atoms with Crippen molar-refractivity contribution < 1.29 is 9.18 Å². The number of piperidine rings is 1. The van der Waals surface area contributed by atoms with E-state index in [-0.39, 0.29) is 5.82 Å². The molecule has 4 rings (SSSR count). The van der Waals surface area contributed by atoms with E-state index >= 15 is 0 Å². The minimum Gasteiger partial charge on any atom is -0.329 e. The summed E-state index contributed by atoms with van der Waals surface area (Å²) in [7, 11) is 0. The van der Waals surface area contributed by atoms with Crippen molar-refractivity contribution in [3.8, 4) is 0 Å². The molecular weight excluding hydrogens is 355 g/mol. The van der Waals surface area contributed by atoms with Crippen LogP contribution in [0.5, 0.6) is 0 Å². The zero-order chi connectivity index (χ0) is 19.5. The summed E-state index contributed by atoms with van der Waals surface area (Å²) in [5.74, 6) is 0.580. The molecular formula is C22H25FN4O. The second kappa shape index (κ2) is 8.20. The predicted octanol–water partition coefficient (Wildman–Crippen LogP) is 3.17. The smallest absolute Gasteiger partial charge is 0.185 e. The minimum atomic E-state index is -0.266. The topological polar surface area (TPSA) is 64.2 Å². The normalized spacial score (nSPS) is 15.9. The summed E-state index contributed by atoms with van der Waals surface area (Å²) in [6.45, 7) is 4.20. The molecule has 1 aliphatic heterocycles. The molecule has 28 heavy (non-hydrogen) atoms. The van der Waals surface area contributed by atoms with Crippen LogP contribution in [-0.2, 0) is 6.54 Å². The van der Waals surface area contributed by atoms with E-state index in [1.807, 2.05) is 16.7 Å². The molecule has 0 unspecified atom stereocenters. The number of hydrogen-bond acceptors (Lipinski definition) is 4. The first kappa shape index (κ1) is 18.8. The number of aromatic nitrogens is 2. The monoisotopic (exact) mass is 380 g/mol. The first-order valence-corrected chi connectivity index (χ1v) is 9.81. The highest BCUT2D eigenvalue weighted by molar-refractivity contribution is 5.86. The molecule has 3 aromatic rings. The fourth-order valence-corrected chi connectivity index (χ4v) is 4.19. The molecule has 0 spiro atoms. The van der Waals surface area contributed by atoms with Gasteiger partial charge in [0.2, 0.25) is 0 Å². The molecule has 1 aromatic heterocycles. The van der Waals surface area contributed by atoms with Crippen molar-refractivity contribution in [1.82, 2.24) is 14.5 Å². The maximum atomic E-state index is 13.2. The summed E-state index contributed by atoms with van der Waals surface area (Å²) < 4.78 is 15.1. The number of imidazole rings is 1. The van der Waals surface area contributed by atoms with Crippen LogP contribution >= 0.6 is 0 Å². The van der Waals surface area contributed by atoms with Crippen LogP contribution in [0.3, 0.4) is 0 Å². The fourth-order valence-electron chi connectivity index (χ4n) is 4.19. The standard InChI is InChI=1S/C22H25FN4O/c23-18-6-4-16(5-7-18)14-27-20-3-1-2-19(22(20)25-21(27)15-28)17-8-11-26(12-9-17)13-10-24/h1-7,15,17H,8-14,24H2. The molecule has 2 heterocycles. The largest absolute Gasteiger partial charge is 0.329 e. The van der Waals surface area contributed by atoms with Gasteiger partial charge in [0.1, 0.15) is 5.82 Å². The number of halogens is 1. The van der Waals surface area contributed by atoms with Crippen LogP contribution in [0.1, 0.15) is 40.5 Å². The number of fused-ring (bicyclic) bond motifs is 1. The molecule has 0 radical (unpaired) electrons. The number of nitrogens with two attached hydrogens (primary N) is 1. The van der Waals surface area contributed by atoms with E-state index < -0.39 is 0 Å². The molecule has 5 nitrogen and oxygen atoms in total. The summed E-state index contributed by atoms with van der Waals surface area (Å²) in [6.07, 6.45) is 2.94. The Bertz CT molecular complexity index is 959. The highest BCUT2D eigenvalue weighted by Gasteiger charge is 2.23. The van der Waals surface area contributed by atoms with E-state index in [4.69, 9.17) is 5.73 Å². The quantitative estimate of drug-likeness (QED) is 0.667. The first-order chi connectivity index (χ1) is 13.7. The molecule has 2 N–H and O–H groups in total. The van der Waals surface area contributed by atoms with Gasteiger partial charge in [0.25, 0.3) is 0 Å². The molecule has 2 aromatic carbocycles. The van der Waals surface area contributed by atoms with E-state index in [0.29, 0.717) is 24.8 Å². The lowest BCUT2D eigenvalue weighted by Crippen LogP contribution is -2.36. The number of rotatable bonds is 6. The van der Waals surface area contributed by atoms with E-state index in [1.165, 1.54) is 17.7 Å². The molecule has 1 saturated heterocycles. The molecule has 0 aliphatic carbocycles. The van der Waals surface area contributed by atoms with Gasteiger partial charge in [0.05, 0.1) is 11.0 Å². The number of hydrogen-bond donors (Lipinski definition) is 1. The van der Waals surface area contributed by atoms with E-state index in [2.05, 4.69) is 16.0 Å². The fraction of sp³-hybridized carbons (Fsp3) is 0.364. The van der Waals surface area contributed by atoms with Gasteiger partial charge in [0.15, 0.2) is 12.1 Å². The number of benzene rings is 2. The first-order valence-electron chi connectivity index (χ1n) is 9.81. The number of carbonyl (C=O) groups excluding carboxylic acids is 1. The van der Waals surface area contributed by atoms with Crippen molar-refractivity contribution in [1.29, 1.82) is 0 Å². The summed E-state index contributed by atoms with van der Waals surface area (Å²) in [6, 6.07) is 12.5. The van der Waals surface area contributed by atoms with Gasteiger partial charge in [-0.25, -0.2) is 9.37 Å². The van der Waals surface area contributed by atoms with Crippen molar-refractivity contribution in [3.05, 3.63) is 65.2 Å². The average Bonchev–Trinajstić information content (AvgIpc) is 3.08. The van der Waals surface area contributed by atoms with Crippen molar-refractivity contribution in [2.75, 3.05) is 26.2 Å². The second-order valence-electron chi connectivity index (χ2n) is 7.42. The van der Waals surface area contributed by atoms with Gasteiger partial charge in [-0.05, 0) is 61.2 Å². The third-order valence-corrected chi connectivity index (χ3v) is 5.67. The number of nitrogens with zero attached hydrogens (tertiary/aromatic N) is 3. The van der Waals surface area contributed by atoms with Crippen LogP contribution < -0.4 is 5.73 Å². The number of carbonyl (C=O) groups is 1. The molecule has 1 fully saturated rings. The number of likely N-dealkylation sites (tertiary alicyclic amines) is 1. The second-order valence-corrected chi connectivity index (χ2v) is 7.42. The Morgan fingerprint density at radius 2 is 1.89 bits per heavy atom. The van der Waals surface area contributed by atoms with Gasteiger partial charge in [-0.3, -0.25) is 4.79 Å². The summed E-state index contributed by atoms with van der Waals surface area (Å²) in [5, 5.41) is 0. The van der Waals surface area contributed by atoms with Gasteiger partial charge in [-0.2, -0.15) is 0 Å². The highest BCUT2D eigenvalue weighted by Crippen LogP contribution is 2.33. The van der Waals surface area contributed by atoms with Crippen LogP contribution in [0.25, 0.3) is 11.0 Å². The van der Waals surface area contributed by atoms with Crippen molar-refractivity contribution in [3.63, 3.8) is 0 Å². The van der Waals surface area contributed by atoms with Gasteiger partial charge in [-0.15, -0.1) is 0 Å². The Morgan fingerprint density at radius 3 is 2.57 bits per heavy atom. The van der Waals surface area contributed by atoms with Crippen molar-refractivity contribution in [2.45, 2.75) is 25.3 Å². The third kappa shape index (κ3) is 3.70. The van der Waals surface area contributed by atoms with Gasteiger partial charge in [0, 0.05) is 19.6 Å². The number of aldehydes is 1. The van der Waals surface area contributed by atoms with Crippen LogP contribution in [-0.4, -0.2) is 46.9 Å². The van der Waals surface area contributed by atoms with Crippen LogP contribution in [0.15, 0.2) is 42.5 Å². The van der Waals surface area contributed by atoms with Gasteiger partial charge in [-0.1, -0.05) is 24.3 Å². The predicted molar refractivity (Wildman–Crippen MR) is 108 cm³/mol. The average molecular weight is 380 g/mol. The Morgan fingerprint density at radius 1 is 1.14 bits per heavy atom. The van der Waals surface area contributed by atoms with Gasteiger partial charge >= 0.3 is 0 Å². The zero-order valence-corrected chi connectivity index (χ0v) is 15.9. The summed E-state index contributed by atoms with van der Waals surface area (Å²) in [5.41, 5.74) is 9.68.